The van der Waals surface area contributed by atoms with Crippen molar-refractivity contribution in [3.8, 4) is 0 Å². The van der Waals surface area contributed by atoms with Gasteiger partial charge in [-0.15, -0.1) is 0 Å². The van der Waals surface area contributed by atoms with Crippen LogP contribution in [0.25, 0.3) is 0 Å². The largest absolute Gasteiger partial charge is 0.481 e. The molecule has 0 bridgehead atoms. The molecular weight excluding hydrogens is 340 g/mol. The second-order valence-corrected chi connectivity index (χ2v) is 8.82. The Balaban J connectivity index is 1.43. The molecule has 7 heteroatoms. The number of carboxylic acid groups (broad SMARTS) is 1. The van der Waals surface area contributed by atoms with Gasteiger partial charge in [-0.1, -0.05) is 0 Å². The van der Waals surface area contributed by atoms with Gasteiger partial charge in [0.15, 0.2) is 0 Å². The van der Waals surface area contributed by atoms with Crippen LogP contribution in [0, 0.1) is 11.3 Å². The SMILES string of the molecule is C[C@H]1CCN1c1nc(C2CC3(CC(C(=O)O)C3)C2)c2c(n1)C(F)(F)CC2. The molecule has 0 unspecified atom stereocenters. The van der Waals surface area contributed by atoms with Gasteiger partial charge in [-0.2, -0.15) is 8.78 Å². The number of anilines is 1. The summed E-state index contributed by atoms with van der Waals surface area (Å²) in [4.78, 5) is 22.1. The van der Waals surface area contributed by atoms with Crippen LogP contribution < -0.4 is 4.90 Å². The highest BCUT2D eigenvalue weighted by Gasteiger charge is 2.56. The van der Waals surface area contributed by atoms with E-state index in [0.717, 1.165) is 44.3 Å². The molecule has 0 radical (unpaired) electrons. The monoisotopic (exact) mass is 363 g/mol. The summed E-state index contributed by atoms with van der Waals surface area (Å²) in [5.74, 6) is -3.17. The van der Waals surface area contributed by atoms with Gasteiger partial charge in [-0.3, -0.25) is 4.79 Å². The highest BCUT2D eigenvalue weighted by atomic mass is 19.3. The number of halogens is 2. The first-order chi connectivity index (χ1) is 12.3. The van der Waals surface area contributed by atoms with E-state index in [1.807, 2.05) is 4.90 Å². The lowest BCUT2D eigenvalue weighted by Crippen LogP contribution is -2.49. The van der Waals surface area contributed by atoms with E-state index in [0.29, 0.717) is 24.0 Å². The Kier molecular flexibility index (Phi) is 3.24. The third kappa shape index (κ3) is 2.21. The molecule has 2 heterocycles. The van der Waals surface area contributed by atoms with Gasteiger partial charge < -0.3 is 10.0 Å². The summed E-state index contributed by atoms with van der Waals surface area (Å²) in [6.45, 7) is 2.89. The summed E-state index contributed by atoms with van der Waals surface area (Å²) < 4.78 is 28.7. The summed E-state index contributed by atoms with van der Waals surface area (Å²) in [5.41, 5.74) is 1.51. The fourth-order valence-corrected chi connectivity index (χ4v) is 5.39. The molecule has 1 aliphatic heterocycles. The van der Waals surface area contributed by atoms with Crippen LogP contribution in [0.2, 0.25) is 0 Å². The van der Waals surface area contributed by atoms with Gasteiger partial charge in [-0.05, 0) is 50.9 Å². The third-order valence-electron chi connectivity index (χ3n) is 7.09. The van der Waals surface area contributed by atoms with E-state index in [2.05, 4.69) is 11.9 Å². The van der Waals surface area contributed by atoms with Crippen molar-refractivity contribution >= 4 is 11.9 Å². The van der Waals surface area contributed by atoms with Gasteiger partial charge in [0, 0.05) is 30.5 Å². The van der Waals surface area contributed by atoms with E-state index in [-0.39, 0.29) is 29.4 Å². The van der Waals surface area contributed by atoms with Crippen molar-refractivity contribution in [2.45, 2.75) is 69.8 Å². The number of aromatic nitrogens is 2. The molecule has 3 aliphatic carbocycles. The highest BCUT2D eigenvalue weighted by molar-refractivity contribution is 5.71. The van der Waals surface area contributed by atoms with Crippen molar-refractivity contribution in [3.05, 3.63) is 17.0 Å². The van der Waals surface area contributed by atoms with E-state index in [4.69, 9.17) is 10.1 Å². The van der Waals surface area contributed by atoms with Crippen LogP contribution >= 0.6 is 0 Å². The Bertz CT molecular complexity index is 783. The number of fused-ring (bicyclic) bond motifs is 1. The quantitative estimate of drug-likeness (QED) is 0.891. The minimum atomic E-state index is -2.86. The molecule has 26 heavy (non-hydrogen) atoms. The van der Waals surface area contributed by atoms with Gasteiger partial charge >= 0.3 is 5.97 Å². The van der Waals surface area contributed by atoms with Crippen LogP contribution in [0.4, 0.5) is 14.7 Å². The van der Waals surface area contributed by atoms with Crippen LogP contribution in [0.3, 0.4) is 0 Å². The van der Waals surface area contributed by atoms with Crippen LogP contribution in [0.5, 0.6) is 0 Å². The summed E-state index contributed by atoms with van der Waals surface area (Å²) in [7, 11) is 0. The van der Waals surface area contributed by atoms with E-state index in [1.165, 1.54) is 0 Å². The summed E-state index contributed by atoms with van der Waals surface area (Å²) in [5, 5.41) is 9.10. The molecule has 2 saturated carbocycles. The summed E-state index contributed by atoms with van der Waals surface area (Å²) >= 11 is 0. The third-order valence-corrected chi connectivity index (χ3v) is 7.09. The van der Waals surface area contributed by atoms with Gasteiger partial charge in [0.25, 0.3) is 5.92 Å². The maximum absolute atomic E-state index is 14.4. The van der Waals surface area contributed by atoms with Gasteiger partial charge in [0.05, 0.1) is 11.6 Å². The maximum Gasteiger partial charge on any atom is 0.306 e. The predicted molar refractivity (Wildman–Crippen MR) is 90.4 cm³/mol. The molecule has 140 valence electrons. The number of rotatable bonds is 3. The Morgan fingerprint density at radius 3 is 2.54 bits per heavy atom. The zero-order valence-corrected chi connectivity index (χ0v) is 14.8. The molecule has 5 rings (SSSR count). The first kappa shape index (κ1) is 16.4. The van der Waals surface area contributed by atoms with Crippen molar-refractivity contribution < 1.29 is 18.7 Å². The number of nitrogens with zero attached hydrogens (tertiary/aromatic N) is 3. The van der Waals surface area contributed by atoms with Crippen molar-refractivity contribution in [1.82, 2.24) is 9.97 Å². The highest BCUT2D eigenvalue weighted by Crippen LogP contribution is 2.64. The van der Waals surface area contributed by atoms with Crippen molar-refractivity contribution in [1.29, 1.82) is 0 Å². The van der Waals surface area contributed by atoms with Crippen molar-refractivity contribution in [2.24, 2.45) is 11.3 Å². The molecular formula is C19H23F2N3O2. The molecule has 1 saturated heterocycles. The van der Waals surface area contributed by atoms with Gasteiger partial charge in [-0.25, -0.2) is 9.97 Å². The first-order valence-electron chi connectivity index (χ1n) is 9.57. The smallest absolute Gasteiger partial charge is 0.306 e. The van der Waals surface area contributed by atoms with E-state index in [9.17, 15) is 13.6 Å². The average Bonchev–Trinajstić information content (AvgIpc) is 2.78. The van der Waals surface area contributed by atoms with E-state index in [1.54, 1.807) is 0 Å². The number of alkyl halides is 2. The Morgan fingerprint density at radius 2 is 1.96 bits per heavy atom. The number of carbonyl (C=O) groups is 1. The molecule has 1 aromatic rings. The molecule has 1 aromatic heterocycles. The van der Waals surface area contributed by atoms with Crippen LogP contribution in [0.15, 0.2) is 0 Å². The van der Waals surface area contributed by atoms with E-state index >= 15 is 0 Å². The topological polar surface area (TPSA) is 66.3 Å². The molecule has 0 aromatic carbocycles. The molecule has 3 fully saturated rings. The minimum absolute atomic E-state index is 0.0606. The Labute approximate surface area is 150 Å². The lowest BCUT2D eigenvalue weighted by atomic mass is 9.47. The number of hydrogen-bond acceptors (Lipinski definition) is 4. The normalized spacial score (nSPS) is 36.9. The first-order valence-corrected chi connectivity index (χ1v) is 9.57. The lowest BCUT2D eigenvalue weighted by Gasteiger charge is -2.56. The van der Waals surface area contributed by atoms with Crippen molar-refractivity contribution in [2.75, 3.05) is 11.4 Å². The second kappa shape index (κ2) is 5.14. The molecule has 5 nitrogen and oxygen atoms in total. The number of aliphatic carboxylic acids is 1. The van der Waals surface area contributed by atoms with Crippen molar-refractivity contribution in [3.63, 3.8) is 0 Å². The van der Waals surface area contributed by atoms with Crippen LogP contribution in [-0.2, 0) is 17.1 Å². The number of hydrogen-bond donors (Lipinski definition) is 1. The fourth-order valence-electron chi connectivity index (χ4n) is 5.39. The molecule has 0 amide bonds. The maximum atomic E-state index is 14.4. The van der Waals surface area contributed by atoms with Crippen LogP contribution in [-0.4, -0.2) is 33.6 Å². The molecule has 1 atom stereocenters. The van der Waals surface area contributed by atoms with Crippen LogP contribution in [0.1, 0.15) is 68.3 Å². The molecule has 4 aliphatic rings. The predicted octanol–water partition coefficient (Wildman–Crippen LogP) is 3.47. The van der Waals surface area contributed by atoms with Gasteiger partial charge in [0.2, 0.25) is 5.95 Å². The van der Waals surface area contributed by atoms with E-state index < -0.39 is 11.9 Å². The minimum Gasteiger partial charge on any atom is -0.481 e. The zero-order valence-electron chi connectivity index (χ0n) is 14.8. The average molecular weight is 363 g/mol. The lowest BCUT2D eigenvalue weighted by molar-refractivity contribution is -0.155. The zero-order chi connectivity index (χ0) is 18.3. The van der Waals surface area contributed by atoms with Gasteiger partial charge in [0.1, 0.15) is 5.69 Å². The summed E-state index contributed by atoms with van der Waals surface area (Å²) in [6.07, 6.45) is 4.39. The molecule has 1 spiro atoms. The fraction of sp³-hybridized carbons (Fsp3) is 0.737. The Morgan fingerprint density at radius 1 is 1.23 bits per heavy atom. The standard InChI is InChI=1S/C19H23F2N3O2/c1-10-3-5-24(10)17-22-14(13-2-4-19(20,21)15(13)23-17)11-6-18(7-11)8-12(9-18)16(25)26/h10-12H,2-9H2,1H3,(H,25,26)/t10-,11?,12?,18?/m0/s1. The summed E-state index contributed by atoms with van der Waals surface area (Å²) in [6, 6.07) is 0.298. The Hall–Kier alpha value is -1.79. The number of carboxylic acids is 1. The second-order valence-electron chi connectivity index (χ2n) is 8.82. The molecule has 1 N–H and O–H groups in total.